The fourth-order valence-corrected chi connectivity index (χ4v) is 3.19. The van der Waals surface area contributed by atoms with Crippen molar-refractivity contribution < 1.29 is 9.53 Å². The summed E-state index contributed by atoms with van der Waals surface area (Å²) in [5.41, 5.74) is 6.88. The van der Waals surface area contributed by atoms with Crippen molar-refractivity contribution in [2.45, 2.75) is 39.2 Å². The molecule has 1 amide bonds. The Balaban J connectivity index is 1.45. The number of nitrogens with zero attached hydrogens (tertiary/aromatic N) is 1. The minimum atomic E-state index is -0.144. The Kier molecular flexibility index (Phi) is 7.64. The zero-order valence-corrected chi connectivity index (χ0v) is 19.6. The topological polar surface area (TPSA) is 50.7 Å². The van der Waals surface area contributed by atoms with Crippen LogP contribution < -0.4 is 10.2 Å². The first kappa shape index (κ1) is 22.8. The average molecular weight is 479 g/mol. The number of nitrogens with one attached hydrogen (secondary N) is 1. The third-order valence-corrected chi connectivity index (χ3v) is 5.32. The molecule has 0 fully saturated rings. The summed E-state index contributed by atoms with van der Waals surface area (Å²) in [5, 5.41) is 4.06. The maximum Gasteiger partial charge on any atom is 0.244 e. The second kappa shape index (κ2) is 10.4. The highest BCUT2D eigenvalue weighted by atomic mass is 79.9. The lowest BCUT2D eigenvalue weighted by Gasteiger charge is -2.19. The van der Waals surface area contributed by atoms with Crippen molar-refractivity contribution in [1.82, 2.24) is 5.43 Å². The first-order chi connectivity index (χ1) is 14.8. The Morgan fingerprint density at radius 1 is 0.935 bits per heavy atom. The molecule has 160 valence electrons. The summed E-state index contributed by atoms with van der Waals surface area (Å²) in [6, 6.07) is 23.7. The van der Waals surface area contributed by atoms with Gasteiger partial charge in [0.2, 0.25) is 5.91 Å². The minimum Gasteiger partial charge on any atom is -0.489 e. The van der Waals surface area contributed by atoms with Gasteiger partial charge in [-0.25, -0.2) is 5.43 Å². The molecule has 3 aromatic carbocycles. The molecule has 0 heterocycles. The van der Waals surface area contributed by atoms with E-state index in [9.17, 15) is 4.79 Å². The molecule has 0 aromatic heterocycles. The van der Waals surface area contributed by atoms with Crippen molar-refractivity contribution in [3.8, 4) is 5.75 Å². The van der Waals surface area contributed by atoms with E-state index in [0.29, 0.717) is 13.0 Å². The highest BCUT2D eigenvalue weighted by Gasteiger charge is 2.13. The first-order valence-electron chi connectivity index (χ1n) is 10.2. The number of rotatable bonds is 7. The first-order valence-corrected chi connectivity index (χ1v) is 11.0. The fourth-order valence-electron chi connectivity index (χ4n) is 2.92. The molecule has 1 N–H and O–H groups in total. The molecule has 0 aliphatic carbocycles. The summed E-state index contributed by atoms with van der Waals surface area (Å²) in [7, 11) is 0. The third-order valence-electron chi connectivity index (χ3n) is 4.79. The van der Waals surface area contributed by atoms with E-state index in [2.05, 4.69) is 59.4 Å². The SMILES string of the molecule is CC(C)(C)c1ccc(CC(=O)N/N=C\c2ccc(OCc3ccc(Br)cc3)cc2)cc1. The predicted molar refractivity (Wildman–Crippen MR) is 129 cm³/mol. The summed E-state index contributed by atoms with van der Waals surface area (Å²) in [6.07, 6.45) is 1.92. The minimum absolute atomic E-state index is 0.102. The summed E-state index contributed by atoms with van der Waals surface area (Å²) < 4.78 is 6.84. The van der Waals surface area contributed by atoms with Crippen LogP contribution in [-0.4, -0.2) is 12.1 Å². The van der Waals surface area contributed by atoms with Crippen molar-refractivity contribution in [1.29, 1.82) is 0 Å². The van der Waals surface area contributed by atoms with Gasteiger partial charge < -0.3 is 4.74 Å². The predicted octanol–water partition coefficient (Wildman–Crippen LogP) is 6.02. The molecule has 0 saturated carbocycles. The van der Waals surface area contributed by atoms with Crippen molar-refractivity contribution in [3.63, 3.8) is 0 Å². The quantitative estimate of drug-likeness (QED) is 0.333. The van der Waals surface area contributed by atoms with E-state index in [-0.39, 0.29) is 11.3 Å². The van der Waals surface area contributed by atoms with E-state index in [1.165, 1.54) is 5.56 Å². The van der Waals surface area contributed by atoms with Crippen LogP contribution in [0.4, 0.5) is 0 Å². The fraction of sp³-hybridized carbons (Fsp3) is 0.231. The summed E-state index contributed by atoms with van der Waals surface area (Å²) >= 11 is 3.42. The Morgan fingerprint density at radius 3 is 2.16 bits per heavy atom. The van der Waals surface area contributed by atoms with Gasteiger partial charge in [0.25, 0.3) is 0 Å². The molecule has 3 aromatic rings. The van der Waals surface area contributed by atoms with Gasteiger partial charge in [-0.15, -0.1) is 0 Å². The molecule has 4 nitrogen and oxygen atoms in total. The van der Waals surface area contributed by atoms with E-state index < -0.39 is 0 Å². The van der Waals surface area contributed by atoms with Crippen LogP contribution in [0.2, 0.25) is 0 Å². The van der Waals surface area contributed by atoms with Gasteiger partial charge in [-0.2, -0.15) is 5.10 Å². The van der Waals surface area contributed by atoms with Crippen molar-refractivity contribution in [3.05, 3.63) is 99.5 Å². The molecular weight excluding hydrogens is 452 g/mol. The zero-order chi connectivity index (χ0) is 22.3. The van der Waals surface area contributed by atoms with Crippen LogP contribution in [-0.2, 0) is 23.2 Å². The van der Waals surface area contributed by atoms with Crippen LogP contribution in [0.5, 0.6) is 5.75 Å². The van der Waals surface area contributed by atoms with Crippen LogP contribution in [0.25, 0.3) is 0 Å². The normalized spacial score (nSPS) is 11.5. The molecule has 0 aliphatic heterocycles. The molecule has 0 saturated heterocycles. The Morgan fingerprint density at radius 2 is 1.55 bits per heavy atom. The summed E-state index contributed by atoms with van der Waals surface area (Å²) in [5.74, 6) is 0.636. The van der Waals surface area contributed by atoms with Crippen LogP contribution in [0.1, 0.15) is 43.0 Å². The molecule has 3 rings (SSSR count). The molecule has 0 bridgehead atoms. The van der Waals surface area contributed by atoms with Crippen LogP contribution in [0.15, 0.2) is 82.4 Å². The second-order valence-electron chi connectivity index (χ2n) is 8.40. The number of hydrogen-bond acceptors (Lipinski definition) is 3. The number of hydrogen-bond donors (Lipinski definition) is 1. The summed E-state index contributed by atoms with van der Waals surface area (Å²) in [6.45, 7) is 7.02. The van der Waals surface area contributed by atoms with Crippen molar-refractivity contribution in [2.75, 3.05) is 0 Å². The van der Waals surface area contributed by atoms with Gasteiger partial charge in [-0.05, 0) is 64.1 Å². The molecule has 0 spiro atoms. The molecule has 5 heteroatoms. The van der Waals surface area contributed by atoms with Crippen LogP contribution in [0.3, 0.4) is 0 Å². The van der Waals surface area contributed by atoms with E-state index in [4.69, 9.17) is 4.74 Å². The summed E-state index contributed by atoms with van der Waals surface area (Å²) in [4.78, 5) is 12.1. The van der Waals surface area contributed by atoms with Gasteiger partial charge in [0.05, 0.1) is 12.6 Å². The number of ether oxygens (including phenoxy) is 1. The second-order valence-corrected chi connectivity index (χ2v) is 9.32. The van der Waals surface area contributed by atoms with Gasteiger partial charge in [-0.1, -0.05) is 73.1 Å². The Hall–Kier alpha value is -2.92. The largest absolute Gasteiger partial charge is 0.489 e. The molecule has 0 aliphatic rings. The number of benzene rings is 3. The maximum absolute atomic E-state index is 12.1. The van der Waals surface area contributed by atoms with Gasteiger partial charge in [0.1, 0.15) is 12.4 Å². The van der Waals surface area contributed by atoms with E-state index in [1.54, 1.807) is 6.21 Å². The van der Waals surface area contributed by atoms with E-state index >= 15 is 0 Å². The van der Waals surface area contributed by atoms with Gasteiger partial charge in [0, 0.05) is 4.47 Å². The number of hydrazone groups is 1. The molecule has 31 heavy (non-hydrogen) atoms. The maximum atomic E-state index is 12.1. The lowest BCUT2D eigenvalue weighted by atomic mass is 9.86. The Bertz CT molecular complexity index is 1020. The van der Waals surface area contributed by atoms with Crippen LogP contribution in [0, 0.1) is 0 Å². The monoisotopic (exact) mass is 478 g/mol. The number of amides is 1. The van der Waals surface area contributed by atoms with Gasteiger partial charge in [-0.3, -0.25) is 4.79 Å². The Labute approximate surface area is 192 Å². The highest BCUT2D eigenvalue weighted by Crippen LogP contribution is 2.22. The lowest BCUT2D eigenvalue weighted by molar-refractivity contribution is -0.120. The van der Waals surface area contributed by atoms with E-state index in [1.807, 2.05) is 60.7 Å². The molecule has 0 atom stereocenters. The lowest BCUT2D eigenvalue weighted by Crippen LogP contribution is -2.20. The average Bonchev–Trinajstić information content (AvgIpc) is 2.74. The standard InChI is InChI=1S/C26H27BrN2O2/c1-26(2,3)22-10-4-19(5-11-22)16-25(30)29-28-17-20-8-14-24(15-9-20)31-18-21-6-12-23(27)13-7-21/h4-15,17H,16,18H2,1-3H3,(H,29,30)/b28-17-. The highest BCUT2D eigenvalue weighted by molar-refractivity contribution is 9.10. The molecule has 0 radical (unpaired) electrons. The van der Waals surface area contributed by atoms with Gasteiger partial charge >= 0.3 is 0 Å². The zero-order valence-electron chi connectivity index (χ0n) is 18.1. The molecular formula is C26H27BrN2O2. The number of carbonyl (C=O) groups is 1. The van der Waals surface area contributed by atoms with Crippen molar-refractivity contribution in [2.24, 2.45) is 5.10 Å². The molecule has 0 unspecified atom stereocenters. The van der Waals surface area contributed by atoms with Gasteiger partial charge in [0.15, 0.2) is 0 Å². The van der Waals surface area contributed by atoms with Crippen LogP contribution >= 0.6 is 15.9 Å². The van der Waals surface area contributed by atoms with Crippen molar-refractivity contribution >= 4 is 28.1 Å². The smallest absolute Gasteiger partial charge is 0.244 e. The number of carbonyl (C=O) groups excluding carboxylic acids is 1. The van der Waals surface area contributed by atoms with E-state index in [0.717, 1.165) is 26.9 Å². The number of halogens is 1. The third kappa shape index (κ3) is 7.37.